The van der Waals surface area contributed by atoms with Crippen molar-refractivity contribution in [3.05, 3.63) is 36.0 Å². The Morgan fingerprint density at radius 3 is 2.25 bits per heavy atom. The standard InChI is InChI=1S/C26H35N7O7/c27-16(12-14-13-30-17-5-2-1-4-15(14)17)23(36)31-18(7-9-21(28)34)24(37)32-19(8-10-22(29)35)25(38)33-11-3-6-20(33)26(39)40/h1-2,4-5,13,16,18-20,30H,3,6-12,27H2,(H2,28,34)(H2,29,35)(H,31,36)(H,32,37)(H,39,40). The number of carbonyl (C=O) groups excluding carboxylic acids is 5. The third-order valence-corrected chi connectivity index (χ3v) is 6.88. The predicted octanol–water partition coefficient (Wildman–Crippen LogP) is -1.39. The molecule has 0 aliphatic carbocycles. The fourth-order valence-electron chi connectivity index (χ4n) is 4.77. The van der Waals surface area contributed by atoms with E-state index in [2.05, 4.69) is 15.6 Å². The topological polar surface area (TPSA) is 244 Å². The summed E-state index contributed by atoms with van der Waals surface area (Å²) in [5.74, 6) is -4.77. The molecule has 5 amide bonds. The third kappa shape index (κ3) is 7.79. The first kappa shape index (κ1) is 30.1. The van der Waals surface area contributed by atoms with Crippen molar-refractivity contribution in [1.82, 2.24) is 20.5 Å². The molecule has 2 aromatic rings. The summed E-state index contributed by atoms with van der Waals surface area (Å²) in [7, 11) is 0. The summed E-state index contributed by atoms with van der Waals surface area (Å²) in [5.41, 5.74) is 18.3. The first-order valence-electron chi connectivity index (χ1n) is 13.0. The Kier molecular flexibility index (Phi) is 10.2. The van der Waals surface area contributed by atoms with Gasteiger partial charge in [0.05, 0.1) is 6.04 Å². The lowest BCUT2D eigenvalue weighted by Crippen LogP contribution is -2.57. The van der Waals surface area contributed by atoms with Crippen molar-refractivity contribution in [3.63, 3.8) is 0 Å². The maximum Gasteiger partial charge on any atom is 0.326 e. The van der Waals surface area contributed by atoms with Gasteiger partial charge < -0.3 is 42.8 Å². The normalized spacial score (nSPS) is 17.1. The van der Waals surface area contributed by atoms with E-state index in [9.17, 15) is 33.9 Å². The summed E-state index contributed by atoms with van der Waals surface area (Å²) >= 11 is 0. The SMILES string of the molecule is NC(=O)CCC(NC(=O)C(N)Cc1c[nH]c2ccccc12)C(=O)NC(CCC(N)=O)C(=O)N1CCCC1C(=O)O. The van der Waals surface area contributed by atoms with Gasteiger partial charge >= 0.3 is 5.97 Å². The average molecular weight is 558 g/mol. The van der Waals surface area contributed by atoms with Gasteiger partial charge in [0.25, 0.3) is 0 Å². The van der Waals surface area contributed by atoms with E-state index in [4.69, 9.17) is 17.2 Å². The molecule has 1 saturated heterocycles. The molecule has 0 radical (unpaired) electrons. The average Bonchev–Trinajstić information content (AvgIpc) is 3.56. The van der Waals surface area contributed by atoms with Crippen molar-refractivity contribution >= 4 is 46.4 Å². The van der Waals surface area contributed by atoms with Crippen molar-refractivity contribution in [2.75, 3.05) is 6.54 Å². The van der Waals surface area contributed by atoms with Gasteiger partial charge in [-0.3, -0.25) is 24.0 Å². The Morgan fingerprint density at radius 2 is 1.60 bits per heavy atom. The Morgan fingerprint density at radius 1 is 0.975 bits per heavy atom. The molecule has 1 fully saturated rings. The summed E-state index contributed by atoms with van der Waals surface area (Å²) in [6, 6.07) is 2.80. The zero-order valence-corrected chi connectivity index (χ0v) is 21.9. The van der Waals surface area contributed by atoms with Crippen molar-refractivity contribution in [2.24, 2.45) is 17.2 Å². The predicted molar refractivity (Wildman–Crippen MR) is 143 cm³/mol. The lowest BCUT2D eigenvalue weighted by molar-refractivity contribution is -0.149. The highest BCUT2D eigenvalue weighted by Gasteiger charge is 2.38. The maximum absolute atomic E-state index is 13.3. The summed E-state index contributed by atoms with van der Waals surface area (Å²) in [4.78, 5) is 78.2. The molecule has 10 N–H and O–H groups in total. The minimum absolute atomic E-state index is 0.158. The molecule has 1 aromatic heterocycles. The number of carbonyl (C=O) groups is 6. The molecule has 0 saturated carbocycles. The second-order valence-corrected chi connectivity index (χ2v) is 9.83. The minimum atomic E-state index is -1.29. The van der Waals surface area contributed by atoms with Crippen LogP contribution >= 0.6 is 0 Å². The van der Waals surface area contributed by atoms with E-state index in [0.29, 0.717) is 6.42 Å². The number of nitrogens with two attached hydrogens (primary N) is 3. The number of para-hydroxylation sites is 1. The van der Waals surface area contributed by atoms with Crippen LogP contribution in [0, 0.1) is 0 Å². The summed E-state index contributed by atoms with van der Waals surface area (Å²) in [6.07, 6.45) is 1.76. The zero-order valence-electron chi connectivity index (χ0n) is 21.9. The molecule has 1 aliphatic heterocycles. The van der Waals surface area contributed by atoms with E-state index in [-0.39, 0.29) is 45.1 Å². The van der Waals surface area contributed by atoms with Crippen LogP contribution in [0.4, 0.5) is 0 Å². The van der Waals surface area contributed by atoms with E-state index in [1.165, 1.54) is 0 Å². The molecule has 3 rings (SSSR count). The number of aromatic nitrogens is 1. The van der Waals surface area contributed by atoms with Crippen molar-refractivity contribution in [1.29, 1.82) is 0 Å². The summed E-state index contributed by atoms with van der Waals surface area (Å²) < 4.78 is 0. The monoisotopic (exact) mass is 557 g/mol. The van der Waals surface area contributed by atoms with E-state index < -0.39 is 59.7 Å². The van der Waals surface area contributed by atoms with Crippen LogP contribution in [-0.2, 0) is 35.2 Å². The highest BCUT2D eigenvalue weighted by atomic mass is 16.4. The number of fused-ring (bicyclic) bond motifs is 1. The Labute approximate surface area is 230 Å². The fraction of sp³-hybridized carbons (Fsp3) is 0.462. The van der Waals surface area contributed by atoms with Crippen LogP contribution in [-0.4, -0.2) is 81.2 Å². The van der Waals surface area contributed by atoms with Crippen molar-refractivity contribution in [2.45, 2.75) is 69.1 Å². The van der Waals surface area contributed by atoms with E-state index in [1.807, 2.05) is 24.3 Å². The van der Waals surface area contributed by atoms with Gasteiger partial charge in [-0.1, -0.05) is 18.2 Å². The quantitative estimate of drug-likeness (QED) is 0.145. The zero-order chi connectivity index (χ0) is 29.4. The molecule has 4 unspecified atom stereocenters. The lowest BCUT2D eigenvalue weighted by Gasteiger charge is -2.29. The first-order chi connectivity index (χ1) is 19.0. The Balaban J connectivity index is 1.73. The number of hydrogen-bond donors (Lipinski definition) is 7. The number of primary amides is 2. The van der Waals surface area contributed by atoms with Gasteiger partial charge in [0.1, 0.15) is 18.1 Å². The van der Waals surface area contributed by atoms with Gasteiger partial charge in [0.2, 0.25) is 29.5 Å². The van der Waals surface area contributed by atoms with Gasteiger partial charge in [-0.2, -0.15) is 0 Å². The number of aromatic amines is 1. The Bertz CT molecular complexity index is 1280. The smallest absolute Gasteiger partial charge is 0.326 e. The van der Waals surface area contributed by atoms with Gasteiger partial charge in [-0.05, 0) is 43.7 Å². The van der Waals surface area contributed by atoms with E-state index in [1.54, 1.807) is 6.20 Å². The van der Waals surface area contributed by atoms with E-state index >= 15 is 0 Å². The van der Waals surface area contributed by atoms with Crippen LogP contribution in [0.5, 0.6) is 0 Å². The molecule has 0 bridgehead atoms. The number of H-pyrrole nitrogens is 1. The molecule has 2 heterocycles. The lowest BCUT2D eigenvalue weighted by atomic mass is 10.0. The number of carboxylic acid groups (broad SMARTS) is 1. The number of nitrogens with zero attached hydrogens (tertiary/aromatic N) is 1. The van der Waals surface area contributed by atoms with Crippen molar-refractivity contribution < 1.29 is 33.9 Å². The molecule has 40 heavy (non-hydrogen) atoms. The molecular weight excluding hydrogens is 522 g/mol. The number of benzene rings is 1. The van der Waals surface area contributed by atoms with Crippen LogP contribution < -0.4 is 27.8 Å². The van der Waals surface area contributed by atoms with Gasteiger partial charge in [0, 0.05) is 36.5 Å². The summed E-state index contributed by atoms with van der Waals surface area (Å²) in [6.45, 7) is 0.170. The Hall–Kier alpha value is -4.46. The largest absolute Gasteiger partial charge is 0.480 e. The molecule has 1 aliphatic rings. The minimum Gasteiger partial charge on any atom is -0.480 e. The number of likely N-dealkylation sites (tertiary alicyclic amines) is 1. The van der Waals surface area contributed by atoms with Crippen LogP contribution in [0.2, 0.25) is 0 Å². The van der Waals surface area contributed by atoms with Gasteiger partial charge in [-0.25, -0.2) is 4.79 Å². The second-order valence-electron chi connectivity index (χ2n) is 9.83. The van der Waals surface area contributed by atoms with Crippen molar-refractivity contribution in [3.8, 4) is 0 Å². The molecule has 1 aromatic carbocycles. The number of nitrogens with one attached hydrogen (secondary N) is 3. The number of aliphatic carboxylic acids is 1. The van der Waals surface area contributed by atoms with Crippen LogP contribution in [0.15, 0.2) is 30.5 Å². The molecule has 14 nitrogen and oxygen atoms in total. The molecule has 216 valence electrons. The van der Waals surface area contributed by atoms with Crippen LogP contribution in [0.1, 0.15) is 44.1 Å². The number of rotatable bonds is 14. The fourth-order valence-corrected chi connectivity index (χ4v) is 4.77. The summed E-state index contributed by atoms with van der Waals surface area (Å²) in [5, 5.41) is 15.4. The van der Waals surface area contributed by atoms with E-state index in [0.717, 1.165) is 21.4 Å². The van der Waals surface area contributed by atoms with Crippen LogP contribution in [0.25, 0.3) is 10.9 Å². The molecule has 14 heteroatoms. The maximum atomic E-state index is 13.3. The number of amides is 5. The first-order valence-corrected chi connectivity index (χ1v) is 13.0. The van der Waals surface area contributed by atoms with Gasteiger partial charge in [0.15, 0.2) is 0 Å². The third-order valence-electron chi connectivity index (χ3n) is 6.88. The van der Waals surface area contributed by atoms with Crippen LogP contribution in [0.3, 0.4) is 0 Å². The molecule has 0 spiro atoms. The van der Waals surface area contributed by atoms with Gasteiger partial charge in [-0.15, -0.1) is 0 Å². The highest BCUT2D eigenvalue weighted by Crippen LogP contribution is 2.20. The molecule has 4 atom stereocenters. The second kappa shape index (κ2) is 13.6. The number of hydrogen-bond acceptors (Lipinski definition) is 7. The molecular formula is C26H35N7O7. The highest BCUT2D eigenvalue weighted by molar-refractivity contribution is 5.95. The number of carboxylic acids is 1.